The molecular formula is C11H19N3O. The highest BCUT2D eigenvalue weighted by Gasteiger charge is 2.06. The molecule has 15 heavy (non-hydrogen) atoms. The van der Waals surface area contributed by atoms with E-state index in [0.29, 0.717) is 12.6 Å². The third kappa shape index (κ3) is 3.83. The van der Waals surface area contributed by atoms with E-state index in [9.17, 15) is 0 Å². The Labute approximate surface area is 91.1 Å². The molecule has 0 aliphatic rings. The molecule has 0 aliphatic heterocycles. The van der Waals surface area contributed by atoms with Gasteiger partial charge in [-0.15, -0.1) is 0 Å². The van der Waals surface area contributed by atoms with Crippen molar-refractivity contribution >= 4 is 5.82 Å². The van der Waals surface area contributed by atoms with Crippen molar-refractivity contribution in [3.8, 4) is 0 Å². The molecule has 0 amide bonds. The number of hydrogen-bond acceptors (Lipinski definition) is 4. The van der Waals surface area contributed by atoms with Gasteiger partial charge in [0.2, 0.25) is 0 Å². The van der Waals surface area contributed by atoms with E-state index in [1.54, 1.807) is 13.4 Å². The maximum Gasteiger partial charge on any atom is 0.129 e. The quantitative estimate of drug-likeness (QED) is 0.777. The van der Waals surface area contributed by atoms with Gasteiger partial charge in [0.25, 0.3) is 0 Å². The molecule has 1 rings (SSSR count). The Morgan fingerprint density at radius 3 is 2.80 bits per heavy atom. The van der Waals surface area contributed by atoms with E-state index in [1.807, 2.05) is 6.07 Å². The first kappa shape index (κ1) is 11.9. The molecule has 1 atom stereocenters. The first-order valence-corrected chi connectivity index (χ1v) is 5.36. The Morgan fingerprint density at radius 1 is 1.40 bits per heavy atom. The Hall–Kier alpha value is -1.16. The highest BCUT2D eigenvalue weighted by atomic mass is 16.5. The molecule has 1 unspecified atom stereocenters. The van der Waals surface area contributed by atoms with Gasteiger partial charge in [-0.1, -0.05) is 13.8 Å². The average molecular weight is 209 g/mol. The van der Waals surface area contributed by atoms with Crippen LogP contribution in [0.1, 0.15) is 26.0 Å². The van der Waals surface area contributed by atoms with Crippen LogP contribution >= 0.6 is 0 Å². The maximum atomic E-state index is 5.12. The summed E-state index contributed by atoms with van der Waals surface area (Å²) in [5.41, 5.74) is 1.06. The molecule has 4 heteroatoms. The summed E-state index contributed by atoms with van der Waals surface area (Å²) in [6.45, 7) is 4.90. The van der Waals surface area contributed by atoms with Crippen molar-refractivity contribution in [2.24, 2.45) is 0 Å². The highest BCUT2D eigenvalue weighted by Crippen LogP contribution is 2.07. The zero-order chi connectivity index (χ0) is 11.1. The molecule has 0 fully saturated rings. The number of nitrogens with zero attached hydrogens (tertiary/aromatic N) is 2. The fourth-order valence-corrected chi connectivity index (χ4v) is 1.34. The Morgan fingerprint density at radius 2 is 2.20 bits per heavy atom. The molecule has 0 saturated carbocycles. The summed E-state index contributed by atoms with van der Waals surface area (Å²) in [6, 6.07) is 2.30. The van der Waals surface area contributed by atoms with Gasteiger partial charge in [0.05, 0.1) is 12.6 Å². The van der Waals surface area contributed by atoms with Crippen LogP contribution in [0.4, 0.5) is 5.82 Å². The lowest BCUT2D eigenvalue weighted by molar-refractivity contribution is 0.184. The number of nitrogens with one attached hydrogen (secondary N) is 1. The number of aryl methyl sites for hydroxylation is 1. The minimum atomic E-state index is 0.314. The van der Waals surface area contributed by atoms with Crippen LogP contribution in [0.3, 0.4) is 0 Å². The van der Waals surface area contributed by atoms with Crippen molar-refractivity contribution in [2.45, 2.75) is 32.7 Å². The van der Waals surface area contributed by atoms with E-state index < -0.39 is 0 Å². The second kappa shape index (κ2) is 6.35. The maximum absolute atomic E-state index is 5.12. The lowest BCUT2D eigenvalue weighted by Gasteiger charge is -2.16. The fourth-order valence-electron chi connectivity index (χ4n) is 1.34. The summed E-state index contributed by atoms with van der Waals surface area (Å²) >= 11 is 0. The predicted molar refractivity (Wildman–Crippen MR) is 61.0 cm³/mol. The molecule has 0 aromatic carbocycles. The Balaban J connectivity index is 2.61. The molecular weight excluding hydrogens is 190 g/mol. The SMILES string of the molecule is CCc1cc(NC(CC)COC)ncn1. The predicted octanol–water partition coefficient (Wildman–Crippen LogP) is 1.88. The summed E-state index contributed by atoms with van der Waals surface area (Å²) in [6.07, 6.45) is 3.54. The number of methoxy groups -OCH3 is 1. The van der Waals surface area contributed by atoms with Gasteiger partial charge < -0.3 is 10.1 Å². The summed E-state index contributed by atoms with van der Waals surface area (Å²) in [5.74, 6) is 0.880. The minimum Gasteiger partial charge on any atom is -0.383 e. The van der Waals surface area contributed by atoms with Crippen LogP contribution in [-0.4, -0.2) is 29.7 Å². The molecule has 0 spiro atoms. The number of hydrogen-bond donors (Lipinski definition) is 1. The number of ether oxygens (including phenoxy) is 1. The molecule has 1 N–H and O–H groups in total. The van der Waals surface area contributed by atoms with E-state index in [4.69, 9.17) is 4.74 Å². The third-order valence-electron chi connectivity index (χ3n) is 2.30. The molecule has 0 radical (unpaired) electrons. The number of rotatable bonds is 6. The molecule has 4 nitrogen and oxygen atoms in total. The normalized spacial score (nSPS) is 12.5. The van der Waals surface area contributed by atoms with E-state index in [-0.39, 0.29) is 0 Å². The summed E-state index contributed by atoms with van der Waals surface area (Å²) in [7, 11) is 1.71. The van der Waals surface area contributed by atoms with Gasteiger partial charge >= 0.3 is 0 Å². The number of anilines is 1. The molecule has 0 aliphatic carbocycles. The van der Waals surface area contributed by atoms with Gasteiger partial charge in [-0.05, 0) is 12.8 Å². The molecule has 0 saturated heterocycles. The van der Waals surface area contributed by atoms with Crippen LogP contribution in [0.5, 0.6) is 0 Å². The minimum absolute atomic E-state index is 0.314. The second-order valence-corrected chi connectivity index (χ2v) is 3.45. The van der Waals surface area contributed by atoms with E-state index >= 15 is 0 Å². The largest absolute Gasteiger partial charge is 0.383 e. The van der Waals surface area contributed by atoms with E-state index in [0.717, 1.165) is 24.4 Å². The summed E-state index contributed by atoms with van der Waals surface area (Å²) in [5, 5.41) is 3.33. The van der Waals surface area contributed by atoms with Gasteiger partial charge in [0.1, 0.15) is 12.1 Å². The third-order valence-corrected chi connectivity index (χ3v) is 2.30. The summed E-state index contributed by atoms with van der Waals surface area (Å²) < 4.78 is 5.12. The molecule has 0 bridgehead atoms. The van der Waals surface area contributed by atoms with Crippen molar-refractivity contribution in [2.75, 3.05) is 19.0 Å². The topological polar surface area (TPSA) is 47.0 Å². The van der Waals surface area contributed by atoms with Crippen molar-refractivity contribution in [3.63, 3.8) is 0 Å². The van der Waals surface area contributed by atoms with Crippen LogP contribution in [0.2, 0.25) is 0 Å². The standard InChI is InChI=1S/C11H19N3O/c1-4-9-6-11(13-8-12-9)14-10(5-2)7-15-3/h6,8,10H,4-5,7H2,1-3H3,(H,12,13,14). The summed E-state index contributed by atoms with van der Waals surface area (Å²) in [4.78, 5) is 8.33. The smallest absolute Gasteiger partial charge is 0.129 e. The van der Waals surface area contributed by atoms with Crippen molar-refractivity contribution in [1.82, 2.24) is 9.97 Å². The number of aromatic nitrogens is 2. The van der Waals surface area contributed by atoms with Crippen molar-refractivity contribution in [1.29, 1.82) is 0 Å². The first-order valence-electron chi connectivity index (χ1n) is 5.36. The van der Waals surface area contributed by atoms with Gasteiger partial charge in [0.15, 0.2) is 0 Å². The molecule has 1 aromatic heterocycles. The van der Waals surface area contributed by atoms with Gasteiger partial charge in [-0.2, -0.15) is 0 Å². The first-order chi connectivity index (χ1) is 7.30. The lowest BCUT2D eigenvalue weighted by atomic mass is 10.2. The van der Waals surface area contributed by atoms with Crippen LogP contribution in [0.25, 0.3) is 0 Å². The molecule has 1 aromatic rings. The van der Waals surface area contributed by atoms with Crippen molar-refractivity contribution in [3.05, 3.63) is 18.1 Å². The Kier molecular flexibility index (Phi) is 5.04. The van der Waals surface area contributed by atoms with E-state index in [1.165, 1.54) is 0 Å². The van der Waals surface area contributed by atoms with Crippen molar-refractivity contribution < 1.29 is 4.74 Å². The Bertz CT molecular complexity index is 291. The molecule has 84 valence electrons. The zero-order valence-electron chi connectivity index (χ0n) is 9.66. The molecule has 1 heterocycles. The van der Waals surface area contributed by atoms with Crippen LogP contribution in [0.15, 0.2) is 12.4 Å². The van der Waals surface area contributed by atoms with Crippen LogP contribution in [0, 0.1) is 0 Å². The second-order valence-electron chi connectivity index (χ2n) is 3.45. The lowest BCUT2D eigenvalue weighted by Crippen LogP contribution is -2.24. The van der Waals surface area contributed by atoms with Crippen LogP contribution in [-0.2, 0) is 11.2 Å². The fraction of sp³-hybridized carbons (Fsp3) is 0.636. The van der Waals surface area contributed by atoms with Gasteiger partial charge in [0, 0.05) is 18.9 Å². The van der Waals surface area contributed by atoms with Gasteiger partial charge in [-0.3, -0.25) is 0 Å². The van der Waals surface area contributed by atoms with Crippen LogP contribution < -0.4 is 5.32 Å². The monoisotopic (exact) mass is 209 g/mol. The zero-order valence-corrected chi connectivity index (χ0v) is 9.66. The highest BCUT2D eigenvalue weighted by molar-refractivity contribution is 5.35. The van der Waals surface area contributed by atoms with E-state index in [2.05, 4.69) is 29.1 Å². The average Bonchev–Trinajstić information content (AvgIpc) is 2.29. The van der Waals surface area contributed by atoms with Gasteiger partial charge in [-0.25, -0.2) is 9.97 Å².